The zero-order valence-corrected chi connectivity index (χ0v) is 12.2. The maximum absolute atomic E-state index is 13.4. The number of oxazole rings is 1. The van der Waals surface area contributed by atoms with E-state index in [4.69, 9.17) is 10.2 Å². The minimum Gasteiger partial charge on any atom is -0.423 e. The Bertz CT molecular complexity index is 800. The summed E-state index contributed by atoms with van der Waals surface area (Å²) in [6, 6.07) is 8.68. The number of nitrogens with zero attached hydrogens (tertiary/aromatic N) is 1. The molecular formula is C14H11BrFN3O. The number of fused-ring (bicyclic) bond motifs is 1. The summed E-state index contributed by atoms with van der Waals surface area (Å²) in [6.07, 6.45) is 0. The topological polar surface area (TPSA) is 64.1 Å². The van der Waals surface area contributed by atoms with Crippen molar-refractivity contribution in [3.8, 4) is 0 Å². The minimum absolute atomic E-state index is 0.307. The molecular weight excluding hydrogens is 325 g/mol. The fraction of sp³-hybridized carbons (Fsp3) is 0.0714. The molecule has 0 aliphatic carbocycles. The normalized spacial score (nSPS) is 10.9. The third-order valence-corrected chi connectivity index (χ3v) is 3.53. The molecule has 0 unspecified atom stereocenters. The number of halogens is 2. The first kappa shape index (κ1) is 12.9. The Morgan fingerprint density at radius 2 is 2.10 bits per heavy atom. The molecule has 0 aliphatic heterocycles. The maximum atomic E-state index is 13.4. The fourth-order valence-electron chi connectivity index (χ4n) is 1.89. The van der Waals surface area contributed by atoms with Crippen LogP contribution in [0.2, 0.25) is 0 Å². The average molecular weight is 336 g/mol. The van der Waals surface area contributed by atoms with Gasteiger partial charge in [-0.05, 0) is 52.7 Å². The van der Waals surface area contributed by atoms with Gasteiger partial charge in [-0.1, -0.05) is 0 Å². The van der Waals surface area contributed by atoms with Crippen LogP contribution >= 0.6 is 15.9 Å². The van der Waals surface area contributed by atoms with Crippen LogP contribution in [0.1, 0.15) is 5.56 Å². The first-order valence-corrected chi connectivity index (χ1v) is 6.71. The quantitative estimate of drug-likeness (QED) is 0.683. The van der Waals surface area contributed by atoms with Gasteiger partial charge in [0.05, 0.1) is 4.47 Å². The molecule has 20 heavy (non-hydrogen) atoms. The third-order valence-electron chi connectivity index (χ3n) is 2.92. The van der Waals surface area contributed by atoms with Gasteiger partial charge in [-0.15, -0.1) is 0 Å². The van der Waals surface area contributed by atoms with Crippen molar-refractivity contribution in [3.63, 3.8) is 0 Å². The zero-order chi connectivity index (χ0) is 14.3. The van der Waals surface area contributed by atoms with Crippen LogP contribution in [0.15, 0.2) is 39.2 Å². The molecule has 2 aromatic carbocycles. The van der Waals surface area contributed by atoms with Crippen LogP contribution < -0.4 is 11.1 Å². The van der Waals surface area contributed by atoms with Gasteiger partial charge in [-0.3, -0.25) is 0 Å². The summed E-state index contributed by atoms with van der Waals surface area (Å²) in [5, 5.41) is 3.03. The SMILES string of the molecule is Cc1cc(F)c(Br)cc1Nc1nc2ccc(N)cc2o1. The number of hydrogen-bond acceptors (Lipinski definition) is 4. The molecule has 0 saturated heterocycles. The molecule has 0 amide bonds. The molecule has 1 heterocycles. The van der Waals surface area contributed by atoms with E-state index in [2.05, 4.69) is 26.2 Å². The van der Waals surface area contributed by atoms with E-state index < -0.39 is 0 Å². The number of rotatable bonds is 2. The molecule has 6 heteroatoms. The number of aryl methyl sites for hydroxylation is 1. The van der Waals surface area contributed by atoms with Crippen LogP contribution in [-0.4, -0.2) is 4.98 Å². The van der Waals surface area contributed by atoms with E-state index in [-0.39, 0.29) is 5.82 Å². The van der Waals surface area contributed by atoms with Gasteiger partial charge in [-0.2, -0.15) is 4.98 Å². The van der Waals surface area contributed by atoms with Gasteiger partial charge in [0.15, 0.2) is 5.58 Å². The van der Waals surface area contributed by atoms with Gasteiger partial charge >= 0.3 is 0 Å². The summed E-state index contributed by atoms with van der Waals surface area (Å²) < 4.78 is 19.3. The number of benzene rings is 2. The summed E-state index contributed by atoms with van der Waals surface area (Å²) in [5.41, 5.74) is 9.09. The monoisotopic (exact) mass is 335 g/mol. The Balaban J connectivity index is 1.99. The van der Waals surface area contributed by atoms with E-state index in [1.165, 1.54) is 6.07 Å². The maximum Gasteiger partial charge on any atom is 0.300 e. The third kappa shape index (κ3) is 2.34. The highest BCUT2D eigenvalue weighted by molar-refractivity contribution is 9.10. The summed E-state index contributed by atoms with van der Waals surface area (Å²) >= 11 is 3.16. The van der Waals surface area contributed by atoms with Gasteiger partial charge < -0.3 is 15.5 Å². The van der Waals surface area contributed by atoms with Crippen molar-refractivity contribution < 1.29 is 8.81 Å². The molecule has 3 aromatic rings. The second kappa shape index (κ2) is 4.79. The van der Waals surface area contributed by atoms with Crippen molar-refractivity contribution in [2.45, 2.75) is 6.92 Å². The minimum atomic E-state index is -0.307. The lowest BCUT2D eigenvalue weighted by Crippen LogP contribution is -1.94. The number of aromatic nitrogens is 1. The Morgan fingerprint density at radius 3 is 2.90 bits per heavy atom. The fourth-order valence-corrected chi connectivity index (χ4v) is 2.23. The van der Waals surface area contributed by atoms with Gasteiger partial charge in [-0.25, -0.2) is 4.39 Å². The second-order valence-corrected chi connectivity index (χ2v) is 5.31. The first-order chi connectivity index (χ1) is 9.52. The largest absolute Gasteiger partial charge is 0.423 e. The van der Waals surface area contributed by atoms with Crippen molar-refractivity contribution in [1.82, 2.24) is 4.98 Å². The first-order valence-electron chi connectivity index (χ1n) is 5.91. The van der Waals surface area contributed by atoms with E-state index in [1.807, 2.05) is 0 Å². The van der Waals surface area contributed by atoms with Crippen molar-refractivity contribution >= 4 is 44.4 Å². The predicted molar refractivity (Wildman–Crippen MR) is 80.5 cm³/mol. The Kier molecular flexibility index (Phi) is 3.10. The van der Waals surface area contributed by atoms with Crippen LogP contribution in [0.5, 0.6) is 0 Å². The van der Waals surface area contributed by atoms with Gasteiger partial charge in [0, 0.05) is 17.4 Å². The van der Waals surface area contributed by atoms with Crippen molar-refractivity contribution in [2.24, 2.45) is 0 Å². The van der Waals surface area contributed by atoms with E-state index in [0.717, 1.165) is 11.3 Å². The molecule has 0 aliphatic rings. The highest BCUT2D eigenvalue weighted by Gasteiger charge is 2.10. The molecule has 0 saturated carbocycles. The van der Waals surface area contributed by atoms with Crippen molar-refractivity contribution in [1.29, 1.82) is 0 Å². The van der Waals surface area contributed by atoms with Crippen molar-refractivity contribution in [2.75, 3.05) is 11.1 Å². The number of nitrogen functional groups attached to an aromatic ring is 1. The standard InChI is InChI=1S/C14H11BrFN3O/c1-7-4-10(16)9(15)6-12(7)19-14-18-11-3-2-8(17)5-13(11)20-14/h2-6H,17H2,1H3,(H,18,19). The summed E-state index contributed by atoms with van der Waals surface area (Å²) in [7, 11) is 0. The molecule has 1 aromatic heterocycles. The summed E-state index contributed by atoms with van der Waals surface area (Å²) in [6.45, 7) is 1.80. The molecule has 0 spiro atoms. The lowest BCUT2D eigenvalue weighted by molar-refractivity contribution is 0.617. The zero-order valence-electron chi connectivity index (χ0n) is 10.6. The Hall–Kier alpha value is -2.08. The number of anilines is 3. The average Bonchev–Trinajstić information content (AvgIpc) is 2.77. The summed E-state index contributed by atoms with van der Waals surface area (Å²) in [4.78, 5) is 4.30. The van der Waals surface area contributed by atoms with E-state index in [0.29, 0.717) is 27.3 Å². The molecule has 3 N–H and O–H groups in total. The lowest BCUT2D eigenvalue weighted by atomic mass is 10.2. The lowest BCUT2D eigenvalue weighted by Gasteiger charge is -2.07. The summed E-state index contributed by atoms with van der Waals surface area (Å²) in [5.74, 6) is -0.307. The smallest absolute Gasteiger partial charge is 0.300 e. The molecule has 0 radical (unpaired) electrons. The van der Waals surface area contributed by atoms with Crippen LogP contribution in [0, 0.1) is 12.7 Å². The van der Waals surface area contributed by atoms with Crippen LogP contribution in [-0.2, 0) is 0 Å². The Labute approximate surface area is 122 Å². The van der Waals surface area contributed by atoms with E-state index >= 15 is 0 Å². The number of nitrogens with two attached hydrogens (primary N) is 1. The van der Waals surface area contributed by atoms with Crippen molar-refractivity contribution in [3.05, 3.63) is 46.2 Å². The second-order valence-electron chi connectivity index (χ2n) is 4.45. The van der Waals surface area contributed by atoms with E-state index in [9.17, 15) is 4.39 Å². The molecule has 0 atom stereocenters. The molecule has 0 fully saturated rings. The highest BCUT2D eigenvalue weighted by Crippen LogP contribution is 2.28. The Morgan fingerprint density at radius 1 is 1.30 bits per heavy atom. The molecule has 102 valence electrons. The number of hydrogen-bond donors (Lipinski definition) is 2. The molecule has 4 nitrogen and oxygen atoms in total. The van der Waals surface area contributed by atoms with Crippen LogP contribution in [0.3, 0.4) is 0 Å². The van der Waals surface area contributed by atoms with Crippen LogP contribution in [0.4, 0.5) is 21.8 Å². The predicted octanol–water partition coefficient (Wildman–Crippen LogP) is 4.36. The highest BCUT2D eigenvalue weighted by atomic mass is 79.9. The van der Waals surface area contributed by atoms with Gasteiger partial charge in [0.2, 0.25) is 0 Å². The van der Waals surface area contributed by atoms with Crippen LogP contribution in [0.25, 0.3) is 11.1 Å². The van der Waals surface area contributed by atoms with E-state index in [1.54, 1.807) is 31.2 Å². The van der Waals surface area contributed by atoms with Gasteiger partial charge in [0.1, 0.15) is 11.3 Å². The molecule has 3 rings (SSSR count). The number of nitrogens with one attached hydrogen (secondary N) is 1. The van der Waals surface area contributed by atoms with Gasteiger partial charge in [0.25, 0.3) is 6.01 Å². The molecule has 0 bridgehead atoms.